The molecule has 1 saturated carbocycles. The number of amides is 2. The van der Waals surface area contributed by atoms with Crippen molar-refractivity contribution in [1.29, 1.82) is 0 Å². The Kier molecular flexibility index (Phi) is 3.30. The zero-order chi connectivity index (χ0) is 14.3. The van der Waals surface area contributed by atoms with Crippen molar-refractivity contribution in [2.24, 2.45) is 5.92 Å². The number of nitrogens with zero attached hydrogens (tertiary/aromatic N) is 1. The number of halogens is 1. The first-order valence-electron chi connectivity index (χ1n) is 6.64. The number of urea groups is 1. The Morgan fingerprint density at radius 3 is 2.70 bits per heavy atom. The first-order valence-corrected chi connectivity index (χ1v) is 7.02. The number of carboxylic acids is 1. The van der Waals surface area contributed by atoms with E-state index < -0.39 is 5.97 Å². The molecule has 0 aromatic heterocycles. The summed E-state index contributed by atoms with van der Waals surface area (Å²) in [6.07, 6.45) is 3.35. The molecule has 1 aromatic carbocycles. The number of anilines is 1. The Balaban J connectivity index is 1.74. The predicted octanol–water partition coefficient (Wildman–Crippen LogP) is 3.05. The zero-order valence-electron chi connectivity index (χ0n) is 10.8. The van der Waals surface area contributed by atoms with Gasteiger partial charge in [-0.25, -0.2) is 9.59 Å². The van der Waals surface area contributed by atoms with Gasteiger partial charge in [0, 0.05) is 23.3 Å². The Morgan fingerprint density at radius 2 is 2.10 bits per heavy atom. The van der Waals surface area contributed by atoms with Gasteiger partial charge < -0.3 is 15.3 Å². The number of fused-ring (bicyclic) bond motifs is 2. The minimum absolute atomic E-state index is 0.0655. The van der Waals surface area contributed by atoms with Gasteiger partial charge in [-0.15, -0.1) is 0 Å². The number of aromatic carboxylic acids is 1. The van der Waals surface area contributed by atoms with Crippen LogP contribution in [-0.2, 0) is 0 Å². The molecule has 1 saturated heterocycles. The van der Waals surface area contributed by atoms with Crippen molar-refractivity contribution in [1.82, 2.24) is 4.90 Å². The highest BCUT2D eigenvalue weighted by Gasteiger charge is 2.40. The topological polar surface area (TPSA) is 69.6 Å². The van der Waals surface area contributed by atoms with E-state index in [2.05, 4.69) is 5.32 Å². The molecule has 20 heavy (non-hydrogen) atoms. The number of carbonyl (C=O) groups excluding carboxylic acids is 1. The zero-order valence-corrected chi connectivity index (χ0v) is 11.6. The maximum Gasteiger partial charge on any atom is 0.335 e. The summed E-state index contributed by atoms with van der Waals surface area (Å²) in [5.74, 6) is -0.442. The summed E-state index contributed by atoms with van der Waals surface area (Å²) in [5.41, 5.74) is 0.485. The van der Waals surface area contributed by atoms with Gasteiger partial charge in [0.15, 0.2) is 0 Å². The summed E-state index contributed by atoms with van der Waals surface area (Å²) in [7, 11) is 0. The van der Waals surface area contributed by atoms with Crippen LogP contribution in [0.3, 0.4) is 0 Å². The van der Waals surface area contributed by atoms with Crippen LogP contribution in [0.25, 0.3) is 0 Å². The third-order valence-electron chi connectivity index (χ3n) is 4.07. The predicted molar refractivity (Wildman–Crippen MR) is 75.3 cm³/mol. The van der Waals surface area contributed by atoms with Gasteiger partial charge >= 0.3 is 12.0 Å². The molecule has 2 fully saturated rings. The molecule has 1 heterocycles. The maximum absolute atomic E-state index is 12.2. The highest BCUT2D eigenvalue weighted by atomic mass is 35.5. The van der Waals surface area contributed by atoms with Crippen LogP contribution in [0.2, 0.25) is 5.02 Å². The van der Waals surface area contributed by atoms with E-state index in [1.54, 1.807) is 6.07 Å². The lowest BCUT2D eigenvalue weighted by molar-refractivity contribution is 0.0697. The number of nitrogens with one attached hydrogen (secondary N) is 1. The molecule has 1 aliphatic carbocycles. The van der Waals surface area contributed by atoms with Crippen molar-refractivity contribution in [3.8, 4) is 0 Å². The molecule has 3 rings (SSSR count). The lowest BCUT2D eigenvalue weighted by Gasteiger charge is -2.27. The van der Waals surface area contributed by atoms with Crippen LogP contribution in [0.4, 0.5) is 10.5 Å². The quantitative estimate of drug-likeness (QED) is 0.881. The van der Waals surface area contributed by atoms with Gasteiger partial charge in [-0.3, -0.25) is 0 Å². The van der Waals surface area contributed by atoms with E-state index in [0.717, 1.165) is 19.4 Å². The van der Waals surface area contributed by atoms with E-state index in [9.17, 15) is 9.59 Å². The lowest BCUT2D eigenvalue weighted by Crippen LogP contribution is -2.40. The van der Waals surface area contributed by atoms with Crippen LogP contribution in [-0.4, -0.2) is 34.6 Å². The van der Waals surface area contributed by atoms with Crippen molar-refractivity contribution in [2.75, 3.05) is 11.9 Å². The number of hydrogen-bond acceptors (Lipinski definition) is 2. The van der Waals surface area contributed by atoms with Crippen molar-refractivity contribution in [2.45, 2.75) is 25.3 Å². The number of hydrogen-bond donors (Lipinski definition) is 2. The Labute approximate surface area is 121 Å². The van der Waals surface area contributed by atoms with Gasteiger partial charge in [0.1, 0.15) is 0 Å². The van der Waals surface area contributed by atoms with E-state index >= 15 is 0 Å². The van der Waals surface area contributed by atoms with E-state index in [4.69, 9.17) is 16.7 Å². The fourth-order valence-corrected chi connectivity index (χ4v) is 3.39. The summed E-state index contributed by atoms with van der Waals surface area (Å²) in [6, 6.07) is 4.49. The molecule has 2 amide bonds. The fourth-order valence-electron chi connectivity index (χ4n) is 3.15. The largest absolute Gasteiger partial charge is 0.478 e. The van der Waals surface area contributed by atoms with Crippen LogP contribution >= 0.6 is 11.6 Å². The molecule has 0 radical (unpaired) electrons. The van der Waals surface area contributed by atoms with Crippen LogP contribution in [0, 0.1) is 5.92 Å². The van der Waals surface area contributed by atoms with Gasteiger partial charge in [0.25, 0.3) is 0 Å². The molecule has 6 heteroatoms. The summed E-state index contributed by atoms with van der Waals surface area (Å²) in [4.78, 5) is 25.0. The third kappa shape index (κ3) is 2.45. The van der Waals surface area contributed by atoms with Crippen molar-refractivity contribution >= 4 is 29.3 Å². The minimum atomic E-state index is -1.07. The number of rotatable bonds is 2. The first kappa shape index (κ1) is 13.2. The first-order chi connectivity index (χ1) is 9.52. The van der Waals surface area contributed by atoms with Crippen LogP contribution in [0.15, 0.2) is 18.2 Å². The van der Waals surface area contributed by atoms with Crippen LogP contribution in [0.5, 0.6) is 0 Å². The molecule has 2 unspecified atom stereocenters. The summed E-state index contributed by atoms with van der Waals surface area (Å²) < 4.78 is 0. The molecule has 2 N–H and O–H groups in total. The molecule has 2 bridgehead atoms. The second-order valence-electron chi connectivity index (χ2n) is 5.45. The molecular weight excluding hydrogens is 280 g/mol. The molecule has 2 aliphatic rings. The number of piperidine rings is 1. The number of carboxylic acid groups (broad SMARTS) is 1. The smallest absolute Gasteiger partial charge is 0.335 e. The molecule has 1 aliphatic heterocycles. The van der Waals surface area contributed by atoms with Gasteiger partial charge in [0.05, 0.1) is 5.56 Å². The maximum atomic E-state index is 12.2. The summed E-state index contributed by atoms with van der Waals surface area (Å²) >= 11 is 5.87. The minimum Gasteiger partial charge on any atom is -0.478 e. The van der Waals surface area contributed by atoms with Crippen LogP contribution in [0.1, 0.15) is 29.6 Å². The Bertz CT molecular complexity index is 576. The summed E-state index contributed by atoms with van der Waals surface area (Å²) in [6.45, 7) is 0.794. The van der Waals surface area contributed by atoms with Gasteiger partial charge in [-0.05, 0) is 43.4 Å². The van der Waals surface area contributed by atoms with Gasteiger partial charge in [-0.2, -0.15) is 0 Å². The van der Waals surface area contributed by atoms with Crippen molar-refractivity contribution < 1.29 is 14.7 Å². The van der Waals surface area contributed by atoms with Crippen molar-refractivity contribution in [3.63, 3.8) is 0 Å². The van der Waals surface area contributed by atoms with E-state index in [0.29, 0.717) is 22.7 Å². The Hall–Kier alpha value is -1.75. The number of benzene rings is 1. The SMILES string of the molecule is O=C(O)c1cc(Cl)cc(NC(=O)N2CC3CCC2C3)c1. The van der Waals surface area contributed by atoms with E-state index in [-0.39, 0.29) is 11.6 Å². The molecule has 106 valence electrons. The highest BCUT2D eigenvalue weighted by molar-refractivity contribution is 6.31. The monoisotopic (exact) mass is 294 g/mol. The molecular formula is C14H15ClN2O3. The van der Waals surface area contributed by atoms with E-state index in [1.165, 1.54) is 18.6 Å². The molecule has 0 spiro atoms. The van der Waals surface area contributed by atoms with Crippen molar-refractivity contribution in [3.05, 3.63) is 28.8 Å². The fraction of sp³-hybridized carbons (Fsp3) is 0.429. The third-order valence-corrected chi connectivity index (χ3v) is 4.28. The molecule has 5 nitrogen and oxygen atoms in total. The second kappa shape index (κ2) is 4.98. The molecule has 1 aromatic rings. The lowest BCUT2D eigenvalue weighted by atomic mass is 10.1. The average Bonchev–Trinajstić information content (AvgIpc) is 3.00. The van der Waals surface area contributed by atoms with Gasteiger partial charge in [0.2, 0.25) is 0 Å². The second-order valence-corrected chi connectivity index (χ2v) is 5.89. The van der Waals surface area contributed by atoms with Crippen LogP contribution < -0.4 is 5.32 Å². The standard InChI is InChI=1S/C14H15ClN2O3/c15-10-4-9(13(18)19)5-11(6-10)16-14(20)17-7-8-1-2-12(17)3-8/h4-6,8,12H,1-3,7H2,(H,16,20)(H,18,19). The highest BCUT2D eigenvalue weighted by Crippen LogP contribution is 2.37. The molecule has 2 atom stereocenters. The number of carbonyl (C=O) groups is 2. The normalized spacial score (nSPS) is 23.9. The number of likely N-dealkylation sites (tertiary alicyclic amines) is 1. The van der Waals surface area contributed by atoms with Gasteiger partial charge in [-0.1, -0.05) is 11.6 Å². The van der Waals surface area contributed by atoms with E-state index in [1.807, 2.05) is 4.90 Å². The Morgan fingerprint density at radius 1 is 1.30 bits per heavy atom. The average molecular weight is 295 g/mol. The summed E-state index contributed by atoms with van der Waals surface area (Å²) in [5, 5.41) is 12.0.